The standard InChI is InChI=1S/C10H18B2N3O8P2/c11-14-12-13-6-9(16)7-15-3-1-8(2-4-15)5-10(17,24(18,19)20)25(21,22)23/h1-4,9,13-14,16-17H,5-7H2,(H3-,18,19,20,21,22,23)/p+1. The lowest BCUT2D eigenvalue weighted by molar-refractivity contribution is -0.703. The van der Waals surface area contributed by atoms with E-state index in [0.29, 0.717) is 0 Å². The zero-order valence-corrected chi connectivity index (χ0v) is 14.8. The van der Waals surface area contributed by atoms with E-state index in [1.807, 2.05) is 0 Å². The molecule has 0 aliphatic heterocycles. The third-order valence-corrected chi connectivity index (χ3v) is 7.04. The van der Waals surface area contributed by atoms with Crippen molar-refractivity contribution < 1.29 is 43.5 Å². The molecule has 1 atom stereocenters. The van der Waals surface area contributed by atoms with Crippen molar-refractivity contribution in [2.45, 2.75) is 24.2 Å². The van der Waals surface area contributed by atoms with Crippen molar-refractivity contribution in [2.75, 3.05) is 6.54 Å². The Morgan fingerprint density at radius 3 is 2.16 bits per heavy atom. The molecule has 0 bridgehead atoms. The van der Waals surface area contributed by atoms with Gasteiger partial charge in [0.2, 0.25) is 0 Å². The molecule has 137 valence electrons. The summed E-state index contributed by atoms with van der Waals surface area (Å²) in [5, 5.41) is 21.1. The summed E-state index contributed by atoms with van der Waals surface area (Å²) in [4.78, 5) is 36.5. The van der Waals surface area contributed by atoms with Crippen LogP contribution in [0, 0.1) is 0 Å². The van der Waals surface area contributed by atoms with Crippen molar-refractivity contribution in [1.29, 1.82) is 0 Å². The topological polar surface area (TPSA) is 183 Å². The summed E-state index contributed by atoms with van der Waals surface area (Å²) in [5.74, 6) is 0. The molecule has 0 spiro atoms. The SMILES string of the molecule is [B]N[B]NCC(O)C[n+]1ccc(CC(O)(P(=O)(O)O)P(=O)(O)O)cc1. The van der Waals surface area contributed by atoms with Crippen LogP contribution < -0.4 is 14.9 Å². The Balaban J connectivity index is 2.82. The zero-order chi connectivity index (χ0) is 19.3. The summed E-state index contributed by atoms with van der Waals surface area (Å²) >= 11 is 0. The Kier molecular flexibility index (Phi) is 7.97. The Morgan fingerprint density at radius 1 is 1.20 bits per heavy atom. The molecule has 11 nitrogen and oxygen atoms in total. The second-order valence-electron chi connectivity index (χ2n) is 5.32. The van der Waals surface area contributed by atoms with E-state index in [1.54, 1.807) is 4.57 Å². The van der Waals surface area contributed by atoms with Crippen molar-refractivity contribution in [3.05, 3.63) is 30.1 Å². The van der Waals surface area contributed by atoms with Crippen LogP contribution in [-0.2, 0) is 22.1 Å². The average Bonchev–Trinajstić information content (AvgIpc) is 2.47. The van der Waals surface area contributed by atoms with E-state index in [2.05, 4.69) is 10.4 Å². The van der Waals surface area contributed by atoms with Crippen LogP contribution in [0.1, 0.15) is 5.56 Å². The number of hydrogen-bond donors (Lipinski definition) is 8. The average molecular weight is 393 g/mol. The minimum Gasteiger partial charge on any atom is -0.398 e. The number of aliphatic hydroxyl groups is 2. The second-order valence-corrected chi connectivity index (χ2v) is 9.32. The third-order valence-electron chi connectivity index (χ3n) is 3.29. The summed E-state index contributed by atoms with van der Waals surface area (Å²) in [7, 11) is -4.67. The maximum atomic E-state index is 11.3. The molecule has 8 N–H and O–H groups in total. The summed E-state index contributed by atoms with van der Waals surface area (Å²) in [6.07, 6.45) is 1.15. The molecule has 0 amide bonds. The van der Waals surface area contributed by atoms with E-state index in [0.717, 1.165) is 0 Å². The van der Waals surface area contributed by atoms with Crippen molar-refractivity contribution in [3.63, 3.8) is 0 Å². The largest absolute Gasteiger partial charge is 0.398 e. The smallest absolute Gasteiger partial charge is 0.369 e. The monoisotopic (exact) mass is 393 g/mol. The lowest BCUT2D eigenvalue weighted by Gasteiger charge is -2.29. The van der Waals surface area contributed by atoms with Crippen LogP contribution >= 0.6 is 15.2 Å². The highest BCUT2D eigenvalue weighted by Gasteiger charge is 2.59. The number of aliphatic hydroxyl groups excluding tert-OH is 1. The Hall–Kier alpha value is -0.580. The number of nitrogens with one attached hydrogen (secondary N) is 2. The maximum absolute atomic E-state index is 11.3. The van der Waals surface area contributed by atoms with Gasteiger partial charge in [0.05, 0.1) is 0 Å². The fraction of sp³-hybridized carbons (Fsp3) is 0.500. The van der Waals surface area contributed by atoms with Gasteiger partial charge in [-0.1, -0.05) is 0 Å². The van der Waals surface area contributed by atoms with E-state index in [-0.39, 0.29) is 18.7 Å². The van der Waals surface area contributed by atoms with E-state index >= 15 is 0 Å². The molecule has 1 aromatic heterocycles. The second kappa shape index (κ2) is 8.88. The normalized spacial score (nSPS) is 14.3. The van der Waals surface area contributed by atoms with Gasteiger partial charge in [-0.25, -0.2) is 4.57 Å². The van der Waals surface area contributed by atoms with E-state index in [1.165, 1.54) is 32.1 Å². The van der Waals surface area contributed by atoms with Gasteiger partial charge in [0.1, 0.15) is 6.10 Å². The first kappa shape index (κ1) is 22.5. The van der Waals surface area contributed by atoms with Crippen LogP contribution in [0.5, 0.6) is 0 Å². The molecule has 25 heavy (non-hydrogen) atoms. The quantitative estimate of drug-likeness (QED) is 0.0867. The van der Waals surface area contributed by atoms with Gasteiger partial charge < -0.3 is 40.2 Å². The minimum absolute atomic E-state index is 0.0960. The van der Waals surface area contributed by atoms with Gasteiger partial charge in [0.15, 0.2) is 26.9 Å². The van der Waals surface area contributed by atoms with Gasteiger partial charge in [-0.3, -0.25) is 9.13 Å². The Morgan fingerprint density at radius 2 is 1.72 bits per heavy atom. The van der Waals surface area contributed by atoms with Crippen LogP contribution in [0.4, 0.5) is 0 Å². The highest BCUT2D eigenvalue weighted by atomic mass is 31.2. The van der Waals surface area contributed by atoms with Crippen LogP contribution in [-0.4, -0.2) is 63.0 Å². The summed E-state index contributed by atoms with van der Waals surface area (Å²) in [5.41, 5.74) is 0.0960. The molecular weight excluding hydrogens is 374 g/mol. The highest BCUT2D eigenvalue weighted by molar-refractivity contribution is 7.72. The maximum Gasteiger partial charge on any atom is 0.369 e. The van der Waals surface area contributed by atoms with Crippen molar-refractivity contribution >= 4 is 30.7 Å². The molecule has 0 fully saturated rings. The molecule has 0 saturated carbocycles. The molecule has 1 unspecified atom stereocenters. The van der Waals surface area contributed by atoms with Crippen LogP contribution in [0.2, 0.25) is 0 Å². The fourth-order valence-corrected chi connectivity index (χ4v) is 4.07. The Labute approximate surface area is 146 Å². The number of aromatic nitrogens is 1. The van der Waals surface area contributed by atoms with E-state index < -0.39 is 32.8 Å². The lowest BCUT2D eigenvalue weighted by Crippen LogP contribution is -2.45. The van der Waals surface area contributed by atoms with Gasteiger partial charge in [0.25, 0.3) is 12.6 Å². The molecule has 0 saturated heterocycles. The number of hydrogen-bond acceptors (Lipinski definition) is 6. The number of nitrogens with zero attached hydrogens (tertiary/aromatic N) is 1. The van der Waals surface area contributed by atoms with Gasteiger partial charge in [0, 0.05) is 25.1 Å². The molecule has 15 heteroatoms. The summed E-state index contributed by atoms with van der Waals surface area (Å²) in [6.45, 7) is 0.377. The summed E-state index contributed by atoms with van der Waals surface area (Å²) < 4.78 is 24.2. The predicted molar refractivity (Wildman–Crippen MR) is 88.0 cm³/mol. The van der Waals surface area contributed by atoms with E-state index in [4.69, 9.17) is 27.6 Å². The van der Waals surface area contributed by atoms with Gasteiger partial charge >= 0.3 is 15.2 Å². The van der Waals surface area contributed by atoms with Crippen LogP contribution in [0.3, 0.4) is 0 Å². The number of pyridine rings is 1. The first-order valence-corrected chi connectivity index (χ1v) is 10.1. The van der Waals surface area contributed by atoms with E-state index in [9.17, 15) is 19.3 Å². The van der Waals surface area contributed by atoms with Crippen LogP contribution in [0.25, 0.3) is 0 Å². The van der Waals surface area contributed by atoms with Crippen molar-refractivity contribution in [1.82, 2.24) is 10.4 Å². The predicted octanol–water partition coefficient (Wildman–Crippen LogP) is -3.32. The Bertz CT molecular complexity index is 630. The fourth-order valence-electron chi connectivity index (χ4n) is 1.94. The number of rotatable bonds is 10. The highest BCUT2D eigenvalue weighted by Crippen LogP contribution is 2.68. The van der Waals surface area contributed by atoms with Gasteiger partial charge in [-0.05, 0) is 5.56 Å². The molecule has 3 radical (unpaired) electrons. The van der Waals surface area contributed by atoms with Crippen molar-refractivity contribution in [3.8, 4) is 0 Å². The molecule has 0 aliphatic carbocycles. The molecule has 1 rings (SSSR count). The van der Waals surface area contributed by atoms with Gasteiger partial charge in [-0.15, -0.1) is 0 Å². The molecule has 1 heterocycles. The van der Waals surface area contributed by atoms with Gasteiger partial charge in [-0.2, -0.15) is 0 Å². The molecular formula is C10H19B2N3O8P2+. The zero-order valence-electron chi connectivity index (χ0n) is 13.0. The minimum atomic E-state index is -5.51. The first-order valence-electron chi connectivity index (χ1n) is 6.91. The molecule has 0 aromatic carbocycles. The lowest BCUT2D eigenvalue weighted by atomic mass is 10.1. The summed E-state index contributed by atoms with van der Waals surface area (Å²) in [6, 6.07) is 2.65. The third kappa shape index (κ3) is 6.26. The molecule has 0 aliphatic rings. The van der Waals surface area contributed by atoms with Crippen molar-refractivity contribution in [2.24, 2.45) is 0 Å². The molecule has 1 aromatic rings. The first-order chi connectivity index (χ1) is 11.4. The van der Waals surface area contributed by atoms with Crippen LogP contribution in [0.15, 0.2) is 24.5 Å².